The number of hydrogen-bond acceptors (Lipinski definition) is 24. The lowest BCUT2D eigenvalue weighted by molar-refractivity contribution is -0.159. The number of fused-ring (bicyclic) bond motifs is 1. The van der Waals surface area contributed by atoms with Gasteiger partial charge >= 0.3 is 29.8 Å². The molecule has 0 saturated carbocycles. The number of aromatic nitrogens is 1. The van der Waals surface area contributed by atoms with Crippen molar-refractivity contribution in [1.29, 1.82) is 0 Å². The number of carboxylic acid groups (broad SMARTS) is 4. The second-order valence-corrected chi connectivity index (χ2v) is 27.9. The van der Waals surface area contributed by atoms with Crippen LogP contribution in [0.15, 0.2) is 30.5 Å². The predicted octanol–water partition coefficient (Wildman–Crippen LogP) is -5.71. The number of aromatic amines is 1. The first-order valence-electron chi connectivity index (χ1n) is 37.5. The number of primary amides is 1. The molecule has 1 aromatic carbocycles. The molecular weight excluding hydrogens is 1520 g/mol. The molecule has 16 unspecified atom stereocenters. The number of ether oxygens (including phenoxy) is 2. The number of benzene rings is 1. The highest BCUT2D eigenvalue weighted by molar-refractivity contribution is 6.02. The average Bonchev–Trinajstić information content (AvgIpc) is 1.79. The fraction of sp³-hybridized carbons (Fsp3) is 0.625. The Kier molecular flexibility index (Phi) is 41.8. The number of H-pyrrole nitrogens is 1. The number of cyclic esters (lactones) is 1. The molecule has 1 saturated heterocycles. The number of carboxylic acids is 4. The van der Waals surface area contributed by atoms with Crippen molar-refractivity contribution in [3.05, 3.63) is 36.0 Å². The number of carbonyl (C=O) groups is 19. The Bertz CT molecular complexity index is 3760. The van der Waals surface area contributed by atoms with Crippen LogP contribution in [0.25, 0.3) is 10.9 Å². The van der Waals surface area contributed by atoms with Gasteiger partial charge in [0.1, 0.15) is 72.6 Å². The van der Waals surface area contributed by atoms with Crippen molar-refractivity contribution < 1.29 is 131 Å². The van der Waals surface area contributed by atoms with E-state index in [1.54, 1.807) is 30.5 Å². The number of carbonyl (C=O) groups excluding carboxylic acids is 15. The minimum absolute atomic E-state index is 0.0175. The van der Waals surface area contributed by atoms with Crippen molar-refractivity contribution in [2.24, 2.45) is 23.3 Å². The van der Waals surface area contributed by atoms with E-state index >= 15 is 0 Å². The fourth-order valence-corrected chi connectivity index (χ4v) is 12.0. The van der Waals surface area contributed by atoms with Crippen LogP contribution in [0.5, 0.6) is 0 Å². The van der Waals surface area contributed by atoms with E-state index in [0.29, 0.717) is 34.2 Å². The molecule has 1 aromatic heterocycles. The molecule has 1 fully saturated rings. The summed E-state index contributed by atoms with van der Waals surface area (Å²) in [7, 11) is 1.72. The van der Waals surface area contributed by atoms with Gasteiger partial charge in [-0.25, -0.2) is 9.59 Å². The zero-order chi connectivity index (χ0) is 86.5. The van der Waals surface area contributed by atoms with Gasteiger partial charge in [0.2, 0.25) is 82.7 Å². The highest BCUT2D eigenvalue weighted by atomic mass is 16.5. The third-order valence-electron chi connectivity index (χ3n) is 18.7. The van der Waals surface area contributed by atoms with E-state index in [9.17, 15) is 122 Å². The lowest BCUT2D eigenvalue weighted by Crippen LogP contribution is -2.64. The number of aliphatic hydroxyl groups is 2. The number of nitrogens with two attached hydrogens (primary N) is 2. The number of esters is 1. The van der Waals surface area contributed by atoms with E-state index in [1.165, 1.54) is 13.8 Å². The topological polar surface area (TPSA) is 680 Å². The van der Waals surface area contributed by atoms with Gasteiger partial charge in [-0.3, -0.25) is 81.5 Å². The van der Waals surface area contributed by atoms with Crippen LogP contribution < -0.4 is 75.3 Å². The maximum Gasteiger partial charge on any atom is 0.335 e. The zero-order valence-electron chi connectivity index (χ0n) is 65.3. The maximum absolute atomic E-state index is 15.0. The normalized spacial score (nSPS) is 22.2. The van der Waals surface area contributed by atoms with Crippen LogP contribution in [0.4, 0.5) is 0 Å². The third-order valence-corrected chi connectivity index (χ3v) is 18.7. The number of nitrogens with one attached hydrogen (secondary N) is 13. The number of rotatable bonds is 37. The molecule has 640 valence electrons. The maximum atomic E-state index is 15.0. The summed E-state index contributed by atoms with van der Waals surface area (Å²) in [5.74, 6) is -29.4. The number of amides is 14. The third kappa shape index (κ3) is 32.5. The Hall–Kier alpha value is -11.5. The van der Waals surface area contributed by atoms with E-state index in [0.717, 1.165) is 67.0 Å². The van der Waals surface area contributed by atoms with Crippen LogP contribution in [0.2, 0.25) is 0 Å². The molecule has 14 amide bonds. The van der Waals surface area contributed by atoms with Crippen molar-refractivity contribution in [1.82, 2.24) is 73.7 Å². The van der Waals surface area contributed by atoms with Gasteiger partial charge in [0, 0.05) is 50.5 Å². The molecule has 43 heteroatoms. The number of nitrogens with zero attached hydrogens (tertiary/aromatic N) is 1. The molecule has 43 nitrogen and oxygen atoms in total. The summed E-state index contributed by atoms with van der Waals surface area (Å²) in [4.78, 5) is 265. The second-order valence-electron chi connectivity index (χ2n) is 27.9. The van der Waals surface area contributed by atoms with Crippen molar-refractivity contribution in [3.8, 4) is 0 Å². The summed E-state index contributed by atoms with van der Waals surface area (Å²) in [6.07, 6.45) is -3.73. The summed E-state index contributed by atoms with van der Waals surface area (Å²) in [6.45, 7) is 4.50. The van der Waals surface area contributed by atoms with Crippen LogP contribution in [0.1, 0.15) is 150 Å². The van der Waals surface area contributed by atoms with Crippen molar-refractivity contribution in [2.75, 3.05) is 40.4 Å². The van der Waals surface area contributed by atoms with E-state index in [4.69, 9.17) is 20.9 Å². The molecule has 16 atom stereocenters. The smallest absolute Gasteiger partial charge is 0.335 e. The Labute approximate surface area is 661 Å². The minimum atomic E-state index is -2.79. The van der Waals surface area contributed by atoms with Gasteiger partial charge in [0.15, 0.2) is 12.2 Å². The molecule has 0 bridgehead atoms. The standard InChI is InChI=1S/C72H110N16O27/c1-9-11-12-13-14-15-16-24-47(90)78-44(29-39-31-75-41-22-18-17-21-40(39)41)64(104)81-43(25-26-50(93)94)63(103)86-56(58(99)60(74)100)69(109)85-55-38(6)115-72(113)54(35(3)10-2)84-68(108)53(36(4)28-51(95)96)83-66(106)46(34-89)79-48(91)32-76-67(107)57(59(114-8)71(111)112)87-62(102)42(23-19-20-27-73)80-65(105)45(30-52(97)98)82-61(101)37(5)77-49(92)33-88(7)70(55)110/h17-18,21-22,31,35-38,42-46,53-59,75,89,99H,9-16,19-20,23-30,32-34,73H2,1-8H3,(H2,74,100)(H,76,107)(H,77,92)(H,78,90)(H,79,91)(H,80,105)(H,81,104)(H,82,101)(H,83,106)(H,84,108)(H,85,109)(H,86,103)(H,87,102)(H,93,94)(H,95,96)(H,97,98)(H,111,112). The molecule has 0 aliphatic carbocycles. The summed E-state index contributed by atoms with van der Waals surface area (Å²) in [5, 5.41) is 88.7. The summed E-state index contributed by atoms with van der Waals surface area (Å²) in [5.41, 5.74) is 12.3. The van der Waals surface area contributed by atoms with Gasteiger partial charge in [0.25, 0.3) is 0 Å². The van der Waals surface area contributed by atoms with Gasteiger partial charge in [0.05, 0.1) is 32.5 Å². The summed E-state index contributed by atoms with van der Waals surface area (Å²) < 4.78 is 10.7. The number of likely N-dealkylation sites (N-methyl/N-ethyl adjacent to an activating group) is 1. The molecule has 2 aromatic rings. The number of hydrogen-bond donors (Lipinski definition) is 21. The van der Waals surface area contributed by atoms with Gasteiger partial charge in [-0.1, -0.05) is 90.8 Å². The Morgan fingerprint density at radius 1 is 0.643 bits per heavy atom. The average molecular weight is 1630 g/mol. The van der Waals surface area contributed by atoms with Crippen LogP contribution in [0.3, 0.4) is 0 Å². The van der Waals surface area contributed by atoms with Gasteiger partial charge in [-0.15, -0.1) is 0 Å². The second kappa shape index (κ2) is 49.2. The summed E-state index contributed by atoms with van der Waals surface area (Å²) >= 11 is 0. The SMILES string of the molecule is CCCCCCCCCC(=O)NC(Cc1c[nH]c2ccccc12)C(=O)NC(CCC(=O)O)C(=O)NC(C(=O)NC1C(=O)N(C)CC(=O)NC(C)C(=O)NC(CC(=O)O)C(=O)NC(CCCCN)C(=O)NC(C(OC)C(=O)O)C(=O)NCC(=O)NC(CO)C(=O)NC(C(C)CC(=O)O)C(=O)NC(C(C)CC)C(=O)OC1C)C(O)C(N)=O. The Morgan fingerprint density at radius 2 is 1.25 bits per heavy atom. The lowest BCUT2D eigenvalue weighted by Gasteiger charge is -2.33. The highest BCUT2D eigenvalue weighted by Gasteiger charge is 2.44. The van der Waals surface area contributed by atoms with Gasteiger partial charge < -0.3 is 125 Å². The van der Waals surface area contributed by atoms with Gasteiger partial charge in [-0.2, -0.15) is 0 Å². The highest BCUT2D eigenvalue weighted by Crippen LogP contribution is 2.22. The Morgan fingerprint density at radius 3 is 1.85 bits per heavy atom. The van der Waals surface area contributed by atoms with E-state index in [-0.39, 0.29) is 45.1 Å². The lowest BCUT2D eigenvalue weighted by atomic mass is 9.94. The fourth-order valence-electron chi connectivity index (χ4n) is 12.0. The monoisotopic (exact) mass is 1630 g/mol. The quantitative estimate of drug-likeness (QED) is 0.0221. The van der Waals surface area contributed by atoms with Crippen molar-refractivity contribution in [3.63, 3.8) is 0 Å². The molecule has 0 spiro atoms. The molecule has 3 rings (SSSR count). The first-order chi connectivity index (χ1) is 54.2. The number of aliphatic hydroxyl groups excluding tert-OH is 2. The molecule has 0 radical (unpaired) electrons. The largest absolute Gasteiger partial charge is 0.481 e. The van der Waals surface area contributed by atoms with E-state index < -0.39 is 255 Å². The number of unbranched alkanes of at least 4 members (excludes halogenated alkanes) is 7. The zero-order valence-corrected chi connectivity index (χ0v) is 65.3. The first kappa shape index (κ1) is 97.7. The van der Waals surface area contributed by atoms with Crippen molar-refractivity contribution in [2.45, 2.75) is 235 Å². The van der Waals surface area contributed by atoms with Crippen LogP contribution in [-0.2, 0) is 107 Å². The molecule has 2 heterocycles. The summed E-state index contributed by atoms with van der Waals surface area (Å²) in [6, 6.07) is -15.5. The van der Waals surface area contributed by atoms with E-state index in [2.05, 4.69) is 65.1 Å². The number of aliphatic carboxylic acids is 4. The van der Waals surface area contributed by atoms with Crippen LogP contribution >= 0.6 is 0 Å². The first-order valence-corrected chi connectivity index (χ1v) is 37.5. The molecule has 115 heavy (non-hydrogen) atoms. The molecule has 23 N–H and O–H groups in total. The predicted molar refractivity (Wildman–Crippen MR) is 401 cm³/mol. The number of methoxy groups -OCH3 is 1. The number of para-hydroxylation sites is 1. The van der Waals surface area contributed by atoms with Gasteiger partial charge in [-0.05, 0) is 76.0 Å². The van der Waals surface area contributed by atoms with Crippen LogP contribution in [-0.4, -0.2) is 278 Å². The molecule has 1 aliphatic heterocycles. The van der Waals surface area contributed by atoms with E-state index in [1.807, 2.05) is 10.6 Å². The molecular formula is C72H110N16O27. The Balaban J connectivity index is 2.27. The van der Waals surface area contributed by atoms with Crippen LogP contribution in [0, 0.1) is 11.8 Å². The minimum Gasteiger partial charge on any atom is -0.481 e. The molecule has 1 aliphatic rings. The van der Waals surface area contributed by atoms with Crippen molar-refractivity contribution >= 4 is 123 Å².